The number of carbonyl (C=O) groups excluding carboxylic acids is 1. The monoisotopic (exact) mass is 336 g/mol. The number of carboxylic acid groups (broad SMARTS) is 1. The number of pyridine rings is 1. The van der Waals surface area contributed by atoms with Crippen molar-refractivity contribution in [2.45, 2.75) is 43.7 Å². The molecule has 5 nitrogen and oxygen atoms in total. The minimum atomic E-state index is -0.898. The average molecular weight is 336 g/mol. The van der Waals surface area contributed by atoms with Gasteiger partial charge in [-0.25, -0.2) is 0 Å². The molecule has 1 amide bonds. The van der Waals surface area contributed by atoms with E-state index >= 15 is 0 Å². The molecule has 1 aromatic heterocycles. The summed E-state index contributed by atoms with van der Waals surface area (Å²) in [6.45, 7) is 0. The summed E-state index contributed by atoms with van der Waals surface area (Å²) in [5, 5.41) is 10.0. The Kier molecular flexibility index (Phi) is 3.99. The molecule has 1 aliphatic heterocycles. The van der Waals surface area contributed by atoms with Gasteiger partial charge in [-0.2, -0.15) is 0 Å². The van der Waals surface area contributed by atoms with E-state index in [9.17, 15) is 14.7 Å². The van der Waals surface area contributed by atoms with E-state index in [0.29, 0.717) is 11.1 Å². The number of fused-ring (bicyclic) bond motifs is 1. The zero-order chi connectivity index (χ0) is 17.4. The number of amides is 1. The maximum Gasteiger partial charge on any atom is 0.313 e. The maximum absolute atomic E-state index is 13.3. The SMILES string of the molecule is O=C(O)C1c2ccccc2C(=O)N(C2CCCC2)C1c1ccncc1. The van der Waals surface area contributed by atoms with Crippen LogP contribution in [0.1, 0.15) is 59.1 Å². The Morgan fingerprint density at radius 3 is 2.44 bits per heavy atom. The first-order chi connectivity index (χ1) is 12.2. The van der Waals surface area contributed by atoms with Crippen molar-refractivity contribution in [3.05, 3.63) is 65.5 Å². The molecular weight excluding hydrogens is 316 g/mol. The van der Waals surface area contributed by atoms with Crippen LogP contribution in [-0.4, -0.2) is 32.9 Å². The summed E-state index contributed by atoms with van der Waals surface area (Å²) in [6, 6.07) is 10.4. The molecule has 2 heterocycles. The van der Waals surface area contributed by atoms with Crippen LogP contribution in [0.25, 0.3) is 0 Å². The predicted molar refractivity (Wildman–Crippen MR) is 92.2 cm³/mol. The summed E-state index contributed by atoms with van der Waals surface area (Å²) >= 11 is 0. The number of hydrogen-bond donors (Lipinski definition) is 1. The second-order valence-corrected chi connectivity index (χ2v) is 6.78. The van der Waals surface area contributed by atoms with Crippen LogP contribution < -0.4 is 0 Å². The fraction of sp³-hybridized carbons (Fsp3) is 0.350. The smallest absolute Gasteiger partial charge is 0.313 e. The molecule has 128 valence electrons. The third kappa shape index (κ3) is 2.60. The highest BCUT2D eigenvalue weighted by molar-refractivity contribution is 6.00. The lowest BCUT2D eigenvalue weighted by molar-refractivity contribution is -0.140. The number of rotatable bonds is 3. The molecule has 2 aliphatic rings. The number of carbonyl (C=O) groups is 2. The number of nitrogens with zero attached hydrogens (tertiary/aromatic N) is 2. The van der Waals surface area contributed by atoms with Gasteiger partial charge in [0, 0.05) is 24.0 Å². The van der Waals surface area contributed by atoms with E-state index < -0.39 is 17.9 Å². The lowest BCUT2D eigenvalue weighted by Crippen LogP contribution is -2.49. The van der Waals surface area contributed by atoms with Crippen molar-refractivity contribution in [1.82, 2.24) is 9.88 Å². The van der Waals surface area contributed by atoms with Crippen LogP contribution in [0.4, 0.5) is 0 Å². The lowest BCUT2D eigenvalue weighted by atomic mass is 9.79. The first kappa shape index (κ1) is 15.8. The number of carboxylic acids is 1. The Balaban J connectivity index is 1.91. The molecule has 0 bridgehead atoms. The van der Waals surface area contributed by atoms with Crippen LogP contribution in [-0.2, 0) is 4.79 Å². The van der Waals surface area contributed by atoms with Crippen molar-refractivity contribution in [3.63, 3.8) is 0 Å². The molecule has 0 radical (unpaired) electrons. The van der Waals surface area contributed by atoms with Crippen LogP contribution in [0.5, 0.6) is 0 Å². The van der Waals surface area contributed by atoms with E-state index in [-0.39, 0.29) is 11.9 Å². The summed E-state index contributed by atoms with van der Waals surface area (Å²) in [6.07, 6.45) is 7.34. The molecule has 5 heteroatoms. The van der Waals surface area contributed by atoms with Gasteiger partial charge in [0.25, 0.3) is 5.91 Å². The molecule has 2 atom stereocenters. The number of aliphatic carboxylic acids is 1. The summed E-state index contributed by atoms with van der Waals surface area (Å²) < 4.78 is 0. The van der Waals surface area contributed by atoms with Crippen molar-refractivity contribution < 1.29 is 14.7 Å². The van der Waals surface area contributed by atoms with Crippen molar-refractivity contribution in [3.8, 4) is 0 Å². The van der Waals surface area contributed by atoms with E-state index in [1.165, 1.54) is 0 Å². The van der Waals surface area contributed by atoms with Crippen molar-refractivity contribution in [2.24, 2.45) is 0 Å². The molecule has 25 heavy (non-hydrogen) atoms. The van der Waals surface area contributed by atoms with Gasteiger partial charge in [0.2, 0.25) is 0 Å². The zero-order valence-corrected chi connectivity index (χ0v) is 13.8. The van der Waals surface area contributed by atoms with Crippen LogP contribution in [0.15, 0.2) is 48.8 Å². The fourth-order valence-electron chi connectivity index (χ4n) is 4.32. The van der Waals surface area contributed by atoms with E-state index in [0.717, 1.165) is 31.2 Å². The Labute approximate surface area is 146 Å². The highest BCUT2D eigenvalue weighted by Gasteiger charge is 2.46. The molecular formula is C20H20N2O3. The van der Waals surface area contributed by atoms with Gasteiger partial charge in [-0.3, -0.25) is 14.6 Å². The van der Waals surface area contributed by atoms with Crippen molar-refractivity contribution >= 4 is 11.9 Å². The molecule has 1 N–H and O–H groups in total. The standard InChI is InChI=1S/C20H20N2O3/c23-19-16-8-4-3-7-15(16)17(20(24)25)18(13-9-11-21-12-10-13)22(19)14-5-1-2-6-14/h3-4,7-12,14,17-18H,1-2,5-6H2,(H,24,25). The van der Waals surface area contributed by atoms with Gasteiger partial charge in [0.1, 0.15) is 5.92 Å². The number of hydrogen-bond acceptors (Lipinski definition) is 3. The third-order valence-electron chi connectivity index (χ3n) is 5.41. The molecule has 4 rings (SSSR count). The molecule has 0 spiro atoms. The van der Waals surface area contributed by atoms with Crippen LogP contribution in [0, 0.1) is 0 Å². The topological polar surface area (TPSA) is 70.5 Å². The Bertz CT molecular complexity index is 800. The predicted octanol–water partition coefficient (Wildman–Crippen LogP) is 3.39. The molecule has 1 saturated carbocycles. The van der Waals surface area contributed by atoms with Crippen LogP contribution in [0.2, 0.25) is 0 Å². The van der Waals surface area contributed by atoms with E-state index in [1.807, 2.05) is 17.0 Å². The van der Waals surface area contributed by atoms with Gasteiger partial charge < -0.3 is 10.0 Å². The van der Waals surface area contributed by atoms with Gasteiger partial charge >= 0.3 is 5.97 Å². The molecule has 1 aromatic carbocycles. The maximum atomic E-state index is 13.3. The molecule has 1 aliphatic carbocycles. The summed E-state index contributed by atoms with van der Waals surface area (Å²) in [4.78, 5) is 31.4. The Morgan fingerprint density at radius 1 is 1.08 bits per heavy atom. The Hall–Kier alpha value is -2.69. The van der Waals surface area contributed by atoms with E-state index in [2.05, 4.69) is 4.98 Å². The van der Waals surface area contributed by atoms with Gasteiger partial charge in [0.15, 0.2) is 0 Å². The van der Waals surface area contributed by atoms with Crippen LogP contribution >= 0.6 is 0 Å². The first-order valence-corrected chi connectivity index (χ1v) is 8.73. The van der Waals surface area contributed by atoms with Gasteiger partial charge in [-0.1, -0.05) is 31.0 Å². The normalized spacial score (nSPS) is 23.5. The van der Waals surface area contributed by atoms with Gasteiger partial charge in [-0.05, 0) is 42.2 Å². The summed E-state index contributed by atoms with van der Waals surface area (Å²) in [5.41, 5.74) is 1.96. The minimum absolute atomic E-state index is 0.0539. The molecule has 1 fully saturated rings. The lowest BCUT2D eigenvalue weighted by Gasteiger charge is -2.44. The number of benzene rings is 1. The van der Waals surface area contributed by atoms with Gasteiger partial charge in [0.05, 0.1) is 6.04 Å². The first-order valence-electron chi connectivity index (χ1n) is 8.73. The van der Waals surface area contributed by atoms with E-state index in [1.54, 1.807) is 36.7 Å². The van der Waals surface area contributed by atoms with Crippen LogP contribution in [0.3, 0.4) is 0 Å². The third-order valence-corrected chi connectivity index (χ3v) is 5.41. The summed E-state index contributed by atoms with van der Waals surface area (Å²) in [5.74, 6) is -1.72. The van der Waals surface area contributed by atoms with Crippen molar-refractivity contribution in [1.29, 1.82) is 0 Å². The molecule has 2 unspecified atom stereocenters. The Morgan fingerprint density at radius 2 is 1.76 bits per heavy atom. The quantitative estimate of drug-likeness (QED) is 0.933. The van der Waals surface area contributed by atoms with Crippen molar-refractivity contribution in [2.75, 3.05) is 0 Å². The highest BCUT2D eigenvalue weighted by Crippen LogP contribution is 2.45. The van der Waals surface area contributed by atoms with E-state index in [4.69, 9.17) is 0 Å². The second kappa shape index (κ2) is 6.31. The summed E-state index contributed by atoms with van der Waals surface area (Å²) in [7, 11) is 0. The second-order valence-electron chi connectivity index (χ2n) is 6.78. The highest BCUT2D eigenvalue weighted by atomic mass is 16.4. The zero-order valence-electron chi connectivity index (χ0n) is 13.8. The molecule has 2 aromatic rings. The fourth-order valence-corrected chi connectivity index (χ4v) is 4.32. The number of aromatic nitrogens is 1. The van der Waals surface area contributed by atoms with Gasteiger partial charge in [-0.15, -0.1) is 0 Å². The average Bonchev–Trinajstić information content (AvgIpc) is 3.16. The minimum Gasteiger partial charge on any atom is -0.481 e. The largest absolute Gasteiger partial charge is 0.481 e. The molecule has 0 saturated heterocycles.